The van der Waals surface area contributed by atoms with Gasteiger partial charge in [-0.25, -0.2) is 8.42 Å². The standard InChI is InChI=1S/C12H23ClO2S/c1-12(2,3)16(14,15)9-5-4-6-11(13)10-7-8-10/h10-11H,4-9H2,1-3H3. The predicted octanol–water partition coefficient (Wildman–Crippen LogP) is 3.39. The fourth-order valence-corrected chi connectivity index (χ4v) is 3.23. The molecule has 1 aliphatic carbocycles. The van der Waals surface area contributed by atoms with E-state index in [0.29, 0.717) is 11.7 Å². The molecule has 1 fully saturated rings. The minimum absolute atomic E-state index is 0.275. The van der Waals surface area contributed by atoms with Crippen molar-refractivity contribution in [3.05, 3.63) is 0 Å². The Balaban J connectivity index is 2.20. The van der Waals surface area contributed by atoms with Gasteiger partial charge in [-0.05, 0) is 52.4 Å². The Kier molecular flexibility index (Phi) is 4.70. The summed E-state index contributed by atoms with van der Waals surface area (Å²) in [5.41, 5.74) is 0. The van der Waals surface area contributed by atoms with Gasteiger partial charge in [0.05, 0.1) is 10.5 Å². The Morgan fingerprint density at radius 1 is 1.25 bits per heavy atom. The van der Waals surface area contributed by atoms with Crippen LogP contribution < -0.4 is 0 Å². The highest BCUT2D eigenvalue weighted by atomic mass is 35.5. The summed E-state index contributed by atoms with van der Waals surface area (Å²) in [6.45, 7) is 5.28. The summed E-state index contributed by atoms with van der Waals surface area (Å²) < 4.78 is 23.0. The first kappa shape index (κ1) is 14.3. The molecule has 1 atom stereocenters. The van der Waals surface area contributed by atoms with Crippen molar-refractivity contribution in [3.63, 3.8) is 0 Å². The topological polar surface area (TPSA) is 34.1 Å². The van der Waals surface area contributed by atoms with E-state index >= 15 is 0 Å². The van der Waals surface area contributed by atoms with E-state index in [9.17, 15) is 8.42 Å². The third-order valence-electron chi connectivity index (χ3n) is 3.21. The lowest BCUT2D eigenvalue weighted by Crippen LogP contribution is -2.30. The molecule has 0 aromatic heterocycles. The van der Waals surface area contributed by atoms with E-state index < -0.39 is 14.6 Å². The molecule has 1 aliphatic rings. The third kappa shape index (κ3) is 4.25. The van der Waals surface area contributed by atoms with Gasteiger partial charge in [0.15, 0.2) is 9.84 Å². The van der Waals surface area contributed by atoms with Crippen LogP contribution in [0.25, 0.3) is 0 Å². The van der Waals surface area contributed by atoms with Crippen molar-refractivity contribution >= 4 is 21.4 Å². The fourth-order valence-electron chi connectivity index (χ4n) is 1.63. The molecule has 0 aromatic carbocycles. The Labute approximate surface area is 105 Å². The molecule has 96 valence electrons. The molecule has 0 spiro atoms. The molecule has 0 bridgehead atoms. The Morgan fingerprint density at radius 2 is 1.81 bits per heavy atom. The highest BCUT2D eigenvalue weighted by Crippen LogP contribution is 2.37. The van der Waals surface area contributed by atoms with Gasteiger partial charge in [-0.15, -0.1) is 11.6 Å². The third-order valence-corrected chi connectivity index (χ3v) is 6.48. The molecule has 1 unspecified atom stereocenters. The van der Waals surface area contributed by atoms with E-state index in [-0.39, 0.29) is 5.38 Å². The molecule has 0 aromatic rings. The summed E-state index contributed by atoms with van der Waals surface area (Å²) in [5.74, 6) is 1.01. The van der Waals surface area contributed by atoms with Crippen LogP contribution in [0.1, 0.15) is 52.9 Å². The van der Waals surface area contributed by atoms with Crippen molar-refractivity contribution < 1.29 is 8.42 Å². The molecular weight excluding hydrogens is 244 g/mol. The maximum absolute atomic E-state index is 11.8. The van der Waals surface area contributed by atoms with E-state index in [4.69, 9.17) is 11.6 Å². The van der Waals surface area contributed by atoms with Crippen molar-refractivity contribution in [1.29, 1.82) is 0 Å². The smallest absolute Gasteiger partial charge is 0.155 e. The second-order valence-corrected chi connectivity index (χ2v) is 9.20. The quantitative estimate of drug-likeness (QED) is 0.546. The summed E-state index contributed by atoms with van der Waals surface area (Å²) in [4.78, 5) is 0. The number of hydrogen-bond acceptors (Lipinski definition) is 2. The van der Waals surface area contributed by atoms with Crippen molar-refractivity contribution in [2.45, 2.75) is 63.0 Å². The van der Waals surface area contributed by atoms with Crippen molar-refractivity contribution in [1.82, 2.24) is 0 Å². The lowest BCUT2D eigenvalue weighted by Gasteiger charge is -2.19. The van der Waals surface area contributed by atoms with Gasteiger partial charge < -0.3 is 0 Å². The Bertz CT molecular complexity index is 312. The molecule has 4 heteroatoms. The fraction of sp³-hybridized carbons (Fsp3) is 1.00. The van der Waals surface area contributed by atoms with E-state index in [1.807, 2.05) is 0 Å². The van der Waals surface area contributed by atoms with E-state index in [2.05, 4.69) is 0 Å². The van der Waals surface area contributed by atoms with Crippen LogP contribution in [-0.4, -0.2) is 24.3 Å². The van der Waals surface area contributed by atoms with Crippen LogP contribution in [0.2, 0.25) is 0 Å². The largest absolute Gasteiger partial charge is 0.228 e. The van der Waals surface area contributed by atoms with Crippen LogP contribution in [0.15, 0.2) is 0 Å². The van der Waals surface area contributed by atoms with Gasteiger partial charge in [0, 0.05) is 5.38 Å². The number of halogens is 1. The van der Waals surface area contributed by atoms with Gasteiger partial charge in [0.2, 0.25) is 0 Å². The Hall–Kier alpha value is 0.240. The maximum Gasteiger partial charge on any atom is 0.155 e. The number of alkyl halides is 1. The summed E-state index contributed by atoms with van der Waals surface area (Å²) in [6.07, 6.45) is 5.16. The Morgan fingerprint density at radius 3 is 2.25 bits per heavy atom. The van der Waals surface area contributed by atoms with Crippen LogP contribution in [0.3, 0.4) is 0 Å². The SMILES string of the molecule is CC(C)(C)S(=O)(=O)CCCCC(Cl)C1CC1. The van der Waals surface area contributed by atoms with Crippen LogP contribution in [-0.2, 0) is 9.84 Å². The predicted molar refractivity (Wildman–Crippen MR) is 69.8 cm³/mol. The molecular formula is C12H23ClO2S. The van der Waals surface area contributed by atoms with Crippen LogP contribution in [0, 0.1) is 5.92 Å². The zero-order valence-corrected chi connectivity index (χ0v) is 12.1. The number of unbranched alkanes of at least 4 members (excludes halogenated alkanes) is 1. The summed E-state index contributed by atoms with van der Waals surface area (Å²) in [7, 11) is -2.94. The molecule has 1 saturated carbocycles. The highest BCUT2D eigenvalue weighted by molar-refractivity contribution is 7.92. The van der Waals surface area contributed by atoms with Crippen molar-refractivity contribution in [3.8, 4) is 0 Å². The first-order valence-electron chi connectivity index (χ1n) is 6.10. The lowest BCUT2D eigenvalue weighted by atomic mass is 10.1. The minimum Gasteiger partial charge on any atom is -0.228 e. The van der Waals surface area contributed by atoms with E-state index in [0.717, 1.165) is 19.3 Å². The van der Waals surface area contributed by atoms with Crippen LogP contribution in [0.4, 0.5) is 0 Å². The summed E-state index contributed by atoms with van der Waals surface area (Å²) in [5, 5.41) is 0.275. The van der Waals surface area contributed by atoms with Gasteiger partial charge in [-0.2, -0.15) is 0 Å². The van der Waals surface area contributed by atoms with Gasteiger partial charge in [0.25, 0.3) is 0 Å². The average Bonchev–Trinajstić information content (AvgIpc) is 2.93. The van der Waals surface area contributed by atoms with Gasteiger partial charge in [-0.1, -0.05) is 6.42 Å². The molecule has 0 radical (unpaired) electrons. The van der Waals surface area contributed by atoms with E-state index in [1.54, 1.807) is 20.8 Å². The molecule has 16 heavy (non-hydrogen) atoms. The first-order chi connectivity index (χ1) is 7.24. The molecule has 0 heterocycles. The molecule has 0 amide bonds. The normalized spacial score (nSPS) is 19.8. The van der Waals surface area contributed by atoms with Crippen LogP contribution >= 0.6 is 11.6 Å². The van der Waals surface area contributed by atoms with Gasteiger partial charge >= 0.3 is 0 Å². The number of hydrogen-bond donors (Lipinski definition) is 0. The molecule has 0 N–H and O–H groups in total. The van der Waals surface area contributed by atoms with Gasteiger partial charge in [0.1, 0.15) is 0 Å². The molecule has 1 rings (SSSR count). The minimum atomic E-state index is -2.94. The summed E-state index contributed by atoms with van der Waals surface area (Å²) in [6, 6.07) is 0. The molecule has 0 saturated heterocycles. The number of sulfone groups is 1. The zero-order valence-electron chi connectivity index (χ0n) is 10.5. The monoisotopic (exact) mass is 266 g/mol. The van der Waals surface area contributed by atoms with Gasteiger partial charge in [-0.3, -0.25) is 0 Å². The second kappa shape index (κ2) is 5.26. The van der Waals surface area contributed by atoms with Crippen molar-refractivity contribution in [2.24, 2.45) is 5.92 Å². The first-order valence-corrected chi connectivity index (χ1v) is 8.19. The maximum atomic E-state index is 11.8. The summed E-state index contributed by atoms with van der Waals surface area (Å²) >= 11 is 6.17. The average molecular weight is 267 g/mol. The van der Waals surface area contributed by atoms with Crippen LogP contribution in [0.5, 0.6) is 0 Å². The number of rotatable bonds is 6. The van der Waals surface area contributed by atoms with Crippen molar-refractivity contribution in [2.75, 3.05) is 5.75 Å². The molecule has 0 aliphatic heterocycles. The lowest BCUT2D eigenvalue weighted by molar-refractivity contribution is 0.552. The molecule has 2 nitrogen and oxygen atoms in total. The highest BCUT2D eigenvalue weighted by Gasteiger charge is 2.30. The zero-order chi connectivity index (χ0) is 12.4. The second-order valence-electron chi connectivity index (χ2n) is 5.78. The van der Waals surface area contributed by atoms with E-state index in [1.165, 1.54) is 12.8 Å².